The first-order valence-corrected chi connectivity index (χ1v) is 19.0. The summed E-state index contributed by atoms with van der Waals surface area (Å²) in [6.07, 6.45) is 30.6. The summed E-state index contributed by atoms with van der Waals surface area (Å²) < 4.78 is 5.91. The molecule has 0 aliphatic rings. The fourth-order valence-corrected chi connectivity index (χ4v) is 6.28. The van der Waals surface area contributed by atoms with Crippen molar-refractivity contribution < 1.29 is 9.84 Å². The molecule has 0 atom stereocenters. The third-order valence-corrected chi connectivity index (χ3v) is 9.18. The van der Waals surface area contributed by atoms with Crippen LogP contribution >= 0.6 is 0 Å². The molecule has 0 aliphatic heterocycles. The maximum Gasteiger partial charge on any atom is 0.146 e. The van der Waals surface area contributed by atoms with Crippen molar-refractivity contribution in [3.05, 3.63) is 41.5 Å². The average molecular weight is 620 g/mol. The van der Waals surface area contributed by atoms with Crippen molar-refractivity contribution in [2.75, 3.05) is 6.61 Å². The molecule has 45 heavy (non-hydrogen) atoms. The first-order chi connectivity index (χ1) is 22.2. The van der Waals surface area contributed by atoms with Crippen LogP contribution < -0.4 is 4.74 Å². The molecule has 0 radical (unpaired) electrons. The summed E-state index contributed by atoms with van der Waals surface area (Å²) in [5, 5.41) is 21.0. The first-order valence-electron chi connectivity index (χ1n) is 19.0. The largest absolute Gasteiger partial charge is 0.505 e. The number of nitrogens with zero attached hydrogens (tertiary/aromatic N) is 3. The third-order valence-electron chi connectivity index (χ3n) is 9.18. The van der Waals surface area contributed by atoms with Crippen LogP contribution in [0.5, 0.6) is 11.5 Å². The number of hydrogen-bond donors (Lipinski definition) is 1. The Balaban J connectivity index is 1.60. The van der Waals surface area contributed by atoms with Crippen molar-refractivity contribution in [1.82, 2.24) is 15.0 Å². The molecule has 0 bridgehead atoms. The molecule has 5 heteroatoms. The van der Waals surface area contributed by atoms with Crippen molar-refractivity contribution in [2.24, 2.45) is 0 Å². The fraction of sp³-hybridized carbons (Fsp3) is 0.700. The van der Waals surface area contributed by atoms with Crippen LogP contribution in [0.3, 0.4) is 0 Å². The van der Waals surface area contributed by atoms with Gasteiger partial charge < -0.3 is 9.84 Å². The normalized spacial score (nSPS) is 11.5. The highest BCUT2D eigenvalue weighted by molar-refractivity contribution is 5.76. The lowest BCUT2D eigenvalue weighted by Gasteiger charge is -2.13. The quantitative estimate of drug-likeness (QED) is 0.0862. The molecule has 0 amide bonds. The number of phenols is 1. The maximum absolute atomic E-state index is 11.5. The summed E-state index contributed by atoms with van der Waals surface area (Å²) in [5.41, 5.74) is 4.63. The van der Waals surface area contributed by atoms with Crippen LogP contribution in [0.15, 0.2) is 30.3 Å². The van der Waals surface area contributed by atoms with Gasteiger partial charge in [0.2, 0.25) is 0 Å². The minimum absolute atomic E-state index is 0.331. The Morgan fingerprint density at radius 2 is 1.07 bits per heavy atom. The average Bonchev–Trinajstić information content (AvgIpc) is 3.47. The lowest BCUT2D eigenvalue weighted by molar-refractivity contribution is 0.310. The van der Waals surface area contributed by atoms with Gasteiger partial charge in [0.1, 0.15) is 28.2 Å². The zero-order valence-electron chi connectivity index (χ0n) is 29.3. The highest BCUT2D eigenvalue weighted by atomic mass is 16.5. The minimum atomic E-state index is 0.331. The lowest BCUT2D eigenvalue weighted by atomic mass is 9.98. The van der Waals surface area contributed by atoms with Crippen LogP contribution in [0.4, 0.5) is 0 Å². The highest BCUT2D eigenvalue weighted by Gasteiger charge is 2.15. The Morgan fingerprint density at radius 3 is 1.64 bits per heavy atom. The second-order valence-corrected chi connectivity index (χ2v) is 13.3. The molecule has 0 unspecified atom stereocenters. The van der Waals surface area contributed by atoms with E-state index in [1.807, 2.05) is 18.2 Å². The van der Waals surface area contributed by atoms with E-state index in [2.05, 4.69) is 32.9 Å². The smallest absolute Gasteiger partial charge is 0.146 e. The van der Waals surface area contributed by atoms with Crippen molar-refractivity contribution in [3.63, 3.8) is 0 Å². The summed E-state index contributed by atoms with van der Waals surface area (Å²) in [4.78, 5) is 1.64. The van der Waals surface area contributed by atoms with Gasteiger partial charge in [0.15, 0.2) is 0 Å². The van der Waals surface area contributed by atoms with Gasteiger partial charge in [0, 0.05) is 6.07 Å². The Kier molecular flexibility index (Phi) is 18.8. The van der Waals surface area contributed by atoms with E-state index in [4.69, 9.17) is 14.9 Å². The van der Waals surface area contributed by atoms with Gasteiger partial charge in [0.25, 0.3) is 0 Å². The summed E-state index contributed by atoms with van der Waals surface area (Å²) >= 11 is 0. The van der Waals surface area contributed by atoms with Crippen LogP contribution in [0, 0.1) is 0 Å². The number of unbranched alkanes of at least 4 members (excludes halogenated alkanes) is 19. The van der Waals surface area contributed by atoms with E-state index < -0.39 is 0 Å². The van der Waals surface area contributed by atoms with E-state index in [1.54, 1.807) is 4.80 Å². The standard InChI is InChI=1S/C40H65N3O2/c1-4-7-10-12-14-16-18-20-22-24-26-34-31-35(27-25-23-21-19-17-15-13-11-8-5-2)40(44)39(32-34)43-41-37-29-28-36(33-38(37)42-43)45-30-9-6-3/h28-29,31-33,44H,4-27,30H2,1-3H3. The van der Waals surface area contributed by atoms with Gasteiger partial charge in [-0.05, 0) is 61.4 Å². The van der Waals surface area contributed by atoms with Crippen LogP contribution in [0.2, 0.25) is 0 Å². The Bertz CT molecular complexity index is 1190. The second-order valence-electron chi connectivity index (χ2n) is 13.3. The third kappa shape index (κ3) is 14.2. The van der Waals surface area contributed by atoms with Gasteiger partial charge in [-0.2, -0.15) is 0 Å². The van der Waals surface area contributed by atoms with Crippen LogP contribution in [-0.4, -0.2) is 26.7 Å². The predicted molar refractivity (Wildman–Crippen MR) is 192 cm³/mol. The Morgan fingerprint density at radius 1 is 0.556 bits per heavy atom. The fourth-order valence-electron chi connectivity index (χ4n) is 6.28. The molecule has 0 saturated heterocycles. The number of ether oxygens (including phenoxy) is 1. The maximum atomic E-state index is 11.5. The molecule has 0 aliphatic carbocycles. The predicted octanol–water partition coefficient (Wildman–Crippen LogP) is 12.2. The van der Waals surface area contributed by atoms with E-state index in [-0.39, 0.29) is 0 Å². The molecular formula is C40H65N3O2. The Labute approximate surface area is 275 Å². The second kappa shape index (κ2) is 22.9. The molecular weight excluding hydrogens is 554 g/mol. The van der Waals surface area contributed by atoms with Crippen molar-refractivity contribution in [3.8, 4) is 17.2 Å². The monoisotopic (exact) mass is 620 g/mol. The number of rotatable bonds is 27. The summed E-state index contributed by atoms with van der Waals surface area (Å²) in [6, 6.07) is 10.3. The number of aryl methyl sites for hydroxylation is 2. The van der Waals surface area contributed by atoms with E-state index >= 15 is 0 Å². The van der Waals surface area contributed by atoms with E-state index in [0.29, 0.717) is 18.0 Å². The van der Waals surface area contributed by atoms with Crippen LogP contribution in [-0.2, 0) is 12.8 Å². The number of aromatic hydroxyl groups is 1. The summed E-state index contributed by atoms with van der Waals surface area (Å²) in [6.45, 7) is 7.44. The van der Waals surface area contributed by atoms with Crippen LogP contribution in [0.1, 0.15) is 173 Å². The molecule has 0 fully saturated rings. The first kappa shape index (κ1) is 36.9. The Hall–Kier alpha value is -2.56. The van der Waals surface area contributed by atoms with E-state index in [9.17, 15) is 5.11 Å². The molecule has 1 aromatic heterocycles. The molecule has 0 spiro atoms. The van der Waals surface area contributed by atoms with Gasteiger partial charge in [-0.15, -0.1) is 15.0 Å². The van der Waals surface area contributed by atoms with Crippen molar-refractivity contribution >= 4 is 11.0 Å². The molecule has 252 valence electrons. The van der Waals surface area contributed by atoms with Crippen LogP contribution in [0.25, 0.3) is 16.7 Å². The number of hydrogen-bond acceptors (Lipinski definition) is 4. The number of aromatic nitrogens is 3. The highest BCUT2D eigenvalue weighted by Crippen LogP contribution is 2.31. The summed E-state index contributed by atoms with van der Waals surface area (Å²) in [5.74, 6) is 1.15. The van der Waals surface area contributed by atoms with Gasteiger partial charge >= 0.3 is 0 Å². The topological polar surface area (TPSA) is 60.2 Å². The minimum Gasteiger partial charge on any atom is -0.505 e. The number of phenolic OH excluding ortho intramolecular Hbond substituents is 1. The van der Waals surface area contributed by atoms with Crippen molar-refractivity contribution in [2.45, 2.75) is 175 Å². The zero-order valence-corrected chi connectivity index (χ0v) is 29.3. The van der Waals surface area contributed by atoms with Crippen molar-refractivity contribution in [1.29, 1.82) is 0 Å². The molecule has 0 saturated carbocycles. The van der Waals surface area contributed by atoms with E-state index in [0.717, 1.165) is 54.5 Å². The molecule has 3 rings (SSSR count). The number of fused-ring (bicyclic) bond motifs is 1. The molecule has 1 N–H and O–H groups in total. The van der Waals surface area contributed by atoms with E-state index in [1.165, 1.54) is 128 Å². The number of benzene rings is 2. The SMILES string of the molecule is CCCCCCCCCCCCc1cc(CCCCCCCCCCCC)c(O)c(-n2nc3ccc(OCCCC)cc3n2)c1. The summed E-state index contributed by atoms with van der Waals surface area (Å²) in [7, 11) is 0. The molecule has 5 nitrogen and oxygen atoms in total. The van der Waals surface area contributed by atoms with Gasteiger partial charge in [-0.1, -0.05) is 149 Å². The van der Waals surface area contributed by atoms with Gasteiger partial charge in [-0.3, -0.25) is 0 Å². The zero-order chi connectivity index (χ0) is 32.0. The molecule has 3 aromatic rings. The lowest BCUT2D eigenvalue weighted by Crippen LogP contribution is -2.03. The molecule has 1 heterocycles. The van der Waals surface area contributed by atoms with Gasteiger partial charge in [0.05, 0.1) is 6.61 Å². The van der Waals surface area contributed by atoms with Gasteiger partial charge in [-0.25, -0.2) is 0 Å². The molecule has 2 aromatic carbocycles.